The SMILES string of the molecule is CCCSCc1ccc(OC)c(C=CC(=O)O)c1. The van der Waals surface area contributed by atoms with Crippen LogP contribution in [-0.2, 0) is 10.5 Å². The van der Waals surface area contributed by atoms with Crippen LogP contribution in [0.2, 0.25) is 0 Å². The molecule has 0 aliphatic heterocycles. The number of hydrogen-bond donors (Lipinski definition) is 1. The van der Waals surface area contributed by atoms with Crippen molar-refractivity contribution in [2.45, 2.75) is 19.1 Å². The second-order valence-corrected chi connectivity index (χ2v) is 4.91. The van der Waals surface area contributed by atoms with Crippen molar-refractivity contribution >= 4 is 23.8 Å². The summed E-state index contributed by atoms with van der Waals surface area (Å²) in [5.74, 6) is 1.80. The predicted molar refractivity (Wildman–Crippen MR) is 76.1 cm³/mol. The number of rotatable bonds is 7. The first-order chi connectivity index (χ1) is 8.67. The molecule has 0 aliphatic carbocycles. The molecule has 1 aromatic carbocycles. The average molecular weight is 266 g/mol. The molecule has 0 fully saturated rings. The van der Waals surface area contributed by atoms with E-state index in [2.05, 4.69) is 6.92 Å². The summed E-state index contributed by atoms with van der Waals surface area (Å²) in [5, 5.41) is 8.65. The van der Waals surface area contributed by atoms with Crippen LogP contribution in [0.3, 0.4) is 0 Å². The van der Waals surface area contributed by atoms with E-state index in [4.69, 9.17) is 9.84 Å². The number of carboxylic acid groups (broad SMARTS) is 1. The summed E-state index contributed by atoms with van der Waals surface area (Å²) in [7, 11) is 1.58. The summed E-state index contributed by atoms with van der Waals surface area (Å²) in [6.07, 6.45) is 3.85. The molecule has 4 heteroatoms. The molecule has 0 radical (unpaired) electrons. The first-order valence-electron chi connectivity index (χ1n) is 5.83. The predicted octanol–water partition coefficient (Wildman–Crippen LogP) is 3.44. The standard InChI is InChI=1S/C14H18O3S/c1-3-8-18-10-11-4-6-13(17-2)12(9-11)5-7-14(15)16/h4-7,9H,3,8,10H2,1-2H3,(H,15,16). The summed E-state index contributed by atoms with van der Waals surface area (Å²) in [6.45, 7) is 2.15. The normalized spacial score (nSPS) is 10.8. The Balaban J connectivity index is 2.84. The van der Waals surface area contributed by atoms with Crippen molar-refractivity contribution in [3.63, 3.8) is 0 Å². The molecule has 98 valence electrons. The zero-order valence-corrected chi connectivity index (χ0v) is 11.5. The van der Waals surface area contributed by atoms with Gasteiger partial charge in [-0.05, 0) is 35.9 Å². The molecule has 18 heavy (non-hydrogen) atoms. The minimum Gasteiger partial charge on any atom is -0.496 e. The van der Waals surface area contributed by atoms with E-state index >= 15 is 0 Å². The average Bonchev–Trinajstić information content (AvgIpc) is 2.37. The van der Waals surface area contributed by atoms with Gasteiger partial charge in [-0.2, -0.15) is 11.8 Å². The maximum Gasteiger partial charge on any atom is 0.328 e. The van der Waals surface area contributed by atoms with Crippen molar-refractivity contribution in [3.05, 3.63) is 35.4 Å². The Morgan fingerprint density at radius 1 is 1.50 bits per heavy atom. The third-order valence-electron chi connectivity index (χ3n) is 2.32. The van der Waals surface area contributed by atoms with Gasteiger partial charge in [0, 0.05) is 17.4 Å². The van der Waals surface area contributed by atoms with Crippen molar-refractivity contribution in [3.8, 4) is 5.75 Å². The van der Waals surface area contributed by atoms with Gasteiger partial charge < -0.3 is 9.84 Å². The molecule has 1 N–H and O–H groups in total. The van der Waals surface area contributed by atoms with Gasteiger partial charge >= 0.3 is 5.97 Å². The van der Waals surface area contributed by atoms with E-state index in [0.717, 1.165) is 29.6 Å². The quantitative estimate of drug-likeness (QED) is 0.606. The van der Waals surface area contributed by atoms with Crippen LogP contribution in [0, 0.1) is 0 Å². The minimum atomic E-state index is -0.956. The van der Waals surface area contributed by atoms with Crippen LogP contribution < -0.4 is 4.74 Å². The number of carbonyl (C=O) groups is 1. The molecule has 0 saturated heterocycles. The number of thioether (sulfide) groups is 1. The Bertz CT molecular complexity index is 427. The highest BCUT2D eigenvalue weighted by molar-refractivity contribution is 7.98. The third-order valence-corrected chi connectivity index (χ3v) is 3.55. The van der Waals surface area contributed by atoms with Crippen LogP contribution in [0.1, 0.15) is 24.5 Å². The molecule has 3 nitrogen and oxygen atoms in total. The largest absolute Gasteiger partial charge is 0.496 e. The first-order valence-corrected chi connectivity index (χ1v) is 6.98. The number of benzene rings is 1. The zero-order valence-electron chi connectivity index (χ0n) is 10.7. The Hall–Kier alpha value is -1.42. The molecule has 0 saturated carbocycles. The molecule has 0 atom stereocenters. The van der Waals surface area contributed by atoms with Crippen molar-refractivity contribution in [2.75, 3.05) is 12.9 Å². The lowest BCUT2D eigenvalue weighted by molar-refractivity contribution is -0.131. The van der Waals surface area contributed by atoms with Crippen LogP contribution in [-0.4, -0.2) is 23.9 Å². The number of methoxy groups -OCH3 is 1. The Kier molecular flexibility index (Phi) is 6.36. The van der Waals surface area contributed by atoms with Gasteiger partial charge in [-0.1, -0.05) is 13.0 Å². The van der Waals surface area contributed by atoms with Gasteiger partial charge in [0.2, 0.25) is 0 Å². The molecule has 0 unspecified atom stereocenters. The van der Waals surface area contributed by atoms with E-state index in [1.807, 2.05) is 30.0 Å². The molecule has 0 aromatic heterocycles. The van der Waals surface area contributed by atoms with E-state index in [9.17, 15) is 4.79 Å². The number of aliphatic carboxylic acids is 1. The fraction of sp³-hybridized carbons (Fsp3) is 0.357. The Morgan fingerprint density at radius 3 is 2.89 bits per heavy atom. The summed E-state index contributed by atoms with van der Waals surface area (Å²) in [5.41, 5.74) is 1.98. The maximum absolute atomic E-state index is 10.5. The second kappa shape index (κ2) is 7.82. The van der Waals surface area contributed by atoms with Crippen molar-refractivity contribution in [1.82, 2.24) is 0 Å². The lowest BCUT2D eigenvalue weighted by Gasteiger charge is -2.07. The van der Waals surface area contributed by atoms with E-state index in [1.165, 1.54) is 5.56 Å². The van der Waals surface area contributed by atoms with Gasteiger partial charge in [0.1, 0.15) is 5.75 Å². The van der Waals surface area contributed by atoms with E-state index in [1.54, 1.807) is 13.2 Å². The van der Waals surface area contributed by atoms with Gasteiger partial charge in [-0.15, -0.1) is 0 Å². The first kappa shape index (κ1) is 14.6. The molecular weight excluding hydrogens is 248 g/mol. The van der Waals surface area contributed by atoms with Crippen LogP contribution in [0.15, 0.2) is 24.3 Å². The van der Waals surface area contributed by atoms with Crippen LogP contribution in [0.25, 0.3) is 6.08 Å². The highest BCUT2D eigenvalue weighted by Gasteiger charge is 2.02. The summed E-state index contributed by atoms with van der Waals surface area (Å²) >= 11 is 1.87. The van der Waals surface area contributed by atoms with Crippen molar-refractivity contribution in [2.24, 2.45) is 0 Å². The molecule has 0 heterocycles. The third kappa shape index (κ3) is 4.84. The highest BCUT2D eigenvalue weighted by Crippen LogP contribution is 2.23. The zero-order chi connectivity index (χ0) is 13.4. The Morgan fingerprint density at radius 2 is 2.28 bits per heavy atom. The molecular formula is C14H18O3S. The lowest BCUT2D eigenvalue weighted by atomic mass is 10.1. The van der Waals surface area contributed by atoms with Crippen molar-refractivity contribution in [1.29, 1.82) is 0 Å². The smallest absolute Gasteiger partial charge is 0.328 e. The van der Waals surface area contributed by atoms with Gasteiger partial charge in [0.15, 0.2) is 0 Å². The maximum atomic E-state index is 10.5. The van der Waals surface area contributed by atoms with Crippen molar-refractivity contribution < 1.29 is 14.6 Å². The summed E-state index contributed by atoms with van der Waals surface area (Å²) in [4.78, 5) is 10.5. The summed E-state index contributed by atoms with van der Waals surface area (Å²) in [6, 6.07) is 5.86. The van der Waals surface area contributed by atoms with Crippen LogP contribution in [0.5, 0.6) is 5.75 Å². The van der Waals surface area contributed by atoms with Crippen LogP contribution in [0.4, 0.5) is 0 Å². The topological polar surface area (TPSA) is 46.5 Å². The molecule has 1 aromatic rings. The lowest BCUT2D eigenvalue weighted by Crippen LogP contribution is -1.91. The molecule has 0 aliphatic rings. The molecule has 0 bridgehead atoms. The highest BCUT2D eigenvalue weighted by atomic mass is 32.2. The number of hydrogen-bond acceptors (Lipinski definition) is 3. The second-order valence-electron chi connectivity index (χ2n) is 3.80. The molecule has 0 spiro atoms. The number of ether oxygens (including phenoxy) is 1. The Labute approximate surface area is 112 Å². The van der Waals surface area contributed by atoms with Gasteiger partial charge in [0.05, 0.1) is 7.11 Å². The number of carboxylic acids is 1. The van der Waals surface area contributed by atoms with Gasteiger partial charge in [-0.3, -0.25) is 0 Å². The fourth-order valence-electron chi connectivity index (χ4n) is 1.50. The minimum absolute atomic E-state index is 0.691. The van der Waals surface area contributed by atoms with E-state index in [0.29, 0.717) is 5.75 Å². The molecule has 0 amide bonds. The van der Waals surface area contributed by atoms with Gasteiger partial charge in [-0.25, -0.2) is 4.79 Å². The van der Waals surface area contributed by atoms with Gasteiger partial charge in [0.25, 0.3) is 0 Å². The van der Waals surface area contributed by atoms with Crippen LogP contribution >= 0.6 is 11.8 Å². The monoisotopic (exact) mass is 266 g/mol. The van der Waals surface area contributed by atoms with E-state index in [-0.39, 0.29) is 0 Å². The summed E-state index contributed by atoms with van der Waals surface area (Å²) < 4.78 is 5.21. The van der Waals surface area contributed by atoms with E-state index < -0.39 is 5.97 Å². The molecule has 1 rings (SSSR count). The fourth-order valence-corrected chi connectivity index (χ4v) is 2.35.